The van der Waals surface area contributed by atoms with Crippen LogP contribution < -0.4 is 0 Å². The van der Waals surface area contributed by atoms with Gasteiger partial charge in [0.1, 0.15) is 0 Å². The van der Waals surface area contributed by atoms with Crippen LogP contribution in [0.15, 0.2) is 23.1 Å². The number of carbonyl (C=O) groups is 3. The van der Waals surface area contributed by atoms with Gasteiger partial charge >= 0.3 is 5.97 Å². The first-order valence-electron chi connectivity index (χ1n) is 8.90. The van der Waals surface area contributed by atoms with Crippen molar-refractivity contribution >= 4 is 41.1 Å². The summed E-state index contributed by atoms with van der Waals surface area (Å²) in [5.74, 6) is -1.04. The van der Waals surface area contributed by atoms with E-state index in [0.717, 1.165) is 11.3 Å². The Morgan fingerprint density at radius 1 is 1.37 bits per heavy atom. The van der Waals surface area contributed by atoms with Crippen molar-refractivity contribution in [2.45, 2.75) is 24.7 Å². The Bertz CT molecular complexity index is 713. The summed E-state index contributed by atoms with van der Waals surface area (Å²) in [5.41, 5.74) is 0.377. The molecule has 2 rings (SSSR count). The number of esters is 1. The van der Waals surface area contributed by atoms with E-state index >= 15 is 0 Å². The van der Waals surface area contributed by atoms with Crippen LogP contribution in [0.3, 0.4) is 0 Å². The summed E-state index contributed by atoms with van der Waals surface area (Å²) in [7, 11) is 1.58. The highest BCUT2D eigenvalue weighted by Crippen LogP contribution is 2.24. The van der Waals surface area contributed by atoms with Gasteiger partial charge in [-0.25, -0.2) is 0 Å². The first-order valence-corrected chi connectivity index (χ1v) is 10.5. The number of benzene rings is 1. The summed E-state index contributed by atoms with van der Waals surface area (Å²) in [6.45, 7) is 2.95. The molecule has 2 amide bonds. The van der Waals surface area contributed by atoms with Gasteiger partial charge < -0.3 is 14.5 Å². The fraction of sp³-hybridized carbons (Fsp3) is 0.526. The molecule has 27 heavy (non-hydrogen) atoms. The fourth-order valence-corrected chi connectivity index (χ4v) is 3.67. The Morgan fingerprint density at radius 2 is 2.11 bits per heavy atom. The molecule has 0 N–H and O–H groups in total. The van der Waals surface area contributed by atoms with Crippen molar-refractivity contribution in [2.24, 2.45) is 5.92 Å². The summed E-state index contributed by atoms with van der Waals surface area (Å²) < 4.78 is 5.06. The minimum absolute atomic E-state index is 0.0613. The monoisotopic (exact) mass is 412 g/mol. The third-order valence-electron chi connectivity index (χ3n) is 4.52. The zero-order chi connectivity index (χ0) is 20.0. The van der Waals surface area contributed by atoms with Crippen molar-refractivity contribution in [2.75, 3.05) is 39.5 Å². The SMILES string of the molecule is CCOC(=O)C1CCCN(C(=O)CN(C)C(=O)c2cc(SC)ccc2Cl)C1. The Morgan fingerprint density at radius 3 is 2.78 bits per heavy atom. The maximum atomic E-state index is 12.7. The largest absolute Gasteiger partial charge is 0.466 e. The van der Waals surface area contributed by atoms with Gasteiger partial charge in [-0.05, 0) is 44.2 Å². The minimum atomic E-state index is -0.303. The smallest absolute Gasteiger partial charge is 0.310 e. The molecule has 8 heteroatoms. The fourth-order valence-electron chi connectivity index (χ4n) is 3.03. The number of likely N-dealkylation sites (N-methyl/N-ethyl adjacent to an activating group) is 1. The number of halogens is 1. The molecule has 1 unspecified atom stereocenters. The van der Waals surface area contributed by atoms with Crippen LogP contribution in [0.5, 0.6) is 0 Å². The van der Waals surface area contributed by atoms with Gasteiger partial charge in [0.25, 0.3) is 5.91 Å². The number of piperidine rings is 1. The molecule has 1 saturated heterocycles. The number of carbonyl (C=O) groups excluding carboxylic acids is 3. The van der Waals surface area contributed by atoms with E-state index in [-0.39, 0.29) is 30.2 Å². The standard InChI is InChI=1S/C19H25ClN2O4S/c1-4-26-19(25)13-6-5-9-22(11-13)17(23)12-21(2)18(24)15-10-14(27-3)7-8-16(15)20/h7-8,10,13H,4-6,9,11-12H2,1-3H3. The van der Waals surface area contributed by atoms with Crippen LogP contribution in [0.4, 0.5) is 0 Å². The number of hydrogen-bond donors (Lipinski definition) is 0. The number of ether oxygens (including phenoxy) is 1. The number of rotatable bonds is 6. The zero-order valence-corrected chi connectivity index (χ0v) is 17.4. The molecular weight excluding hydrogens is 388 g/mol. The second kappa shape index (κ2) is 9.99. The van der Waals surface area contributed by atoms with Gasteiger partial charge in [-0.15, -0.1) is 11.8 Å². The van der Waals surface area contributed by atoms with Crippen LogP contribution in [0.1, 0.15) is 30.1 Å². The molecule has 1 atom stereocenters. The summed E-state index contributed by atoms with van der Waals surface area (Å²) in [4.78, 5) is 41.2. The lowest BCUT2D eigenvalue weighted by Crippen LogP contribution is -2.47. The van der Waals surface area contributed by atoms with Gasteiger partial charge in [0, 0.05) is 25.0 Å². The Kier molecular flexibility index (Phi) is 7.98. The lowest BCUT2D eigenvalue weighted by atomic mass is 9.98. The number of nitrogens with zero attached hydrogens (tertiary/aromatic N) is 2. The highest BCUT2D eigenvalue weighted by atomic mass is 35.5. The number of hydrogen-bond acceptors (Lipinski definition) is 5. The molecule has 1 aromatic rings. The normalized spacial score (nSPS) is 16.7. The molecule has 0 saturated carbocycles. The summed E-state index contributed by atoms with van der Waals surface area (Å²) >= 11 is 7.67. The maximum Gasteiger partial charge on any atom is 0.310 e. The lowest BCUT2D eigenvalue weighted by Gasteiger charge is -2.32. The molecule has 6 nitrogen and oxygen atoms in total. The van der Waals surface area contributed by atoms with E-state index in [1.165, 1.54) is 16.7 Å². The lowest BCUT2D eigenvalue weighted by molar-refractivity contribution is -0.151. The van der Waals surface area contributed by atoms with Crippen LogP contribution in [0.2, 0.25) is 5.02 Å². The number of likely N-dealkylation sites (tertiary alicyclic amines) is 1. The first kappa shape index (κ1) is 21.6. The summed E-state index contributed by atoms with van der Waals surface area (Å²) in [6, 6.07) is 5.26. The van der Waals surface area contributed by atoms with Crippen LogP contribution in [0.25, 0.3) is 0 Å². The van der Waals surface area contributed by atoms with Gasteiger partial charge in [0.05, 0.1) is 29.7 Å². The Labute approximate surface area is 169 Å². The second-order valence-electron chi connectivity index (χ2n) is 6.44. The van der Waals surface area contributed by atoms with Crippen LogP contribution in [0, 0.1) is 5.92 Å². The van der Waals surface area contributed by atoms with Gasteiger partial charge in [-0.2, -0.15) is 0 Å². The summed E-state index contributed by atoms with van der Waals surface area (Å²) in [6.07, 6.45) is 3.38. The van der Waals surface area contributed by atoms with Crippen molar-refractivity contribution in [1.29, 1.82) is 0 Å². The molecular formula is C19H25ClN2O4S. The maximum absolute atomic E-state index is 12.7. The van der Waals surface area contributed by atoms with Crippen molar-refractivity contribution < 1.29 is 19.1 Å². The van der Waals surface area contributed by atoms with E-state index in [0.29, 0.717) is 36.7 Å². The van der Waals surface area contributed by atoms with E-state index in [2.05, 4.69) is 0 Å². The predicted octanol–water partition coefficient (Wildman–Crippen LogP) is 2.94. The average molecular weight is 413 g/mol. The molecule has 0 bridgehead atoms. The molecule has 148 valence electrons. The number of thioether (sulfide) groups is 1. The Hall–Kier alpha value is -1.73. The molecule has 0 aliphatic carbocycles. The van der Waals surface area contributed by atoms with Crippen molar-refractivity contribution in [1.82, 2.24) is 9.80 Å². The van der Waals surface area contributed by atoms with E-state index in [1.54, 1.807) is 31.0 Å². The van der Waals surface area contributed by atoms with Crippen LogP contribution in [-0.4, -0.2) is 67.1 Å². The van der Waals surface area contributed by atoms with Gasteiger partial charge in [0.15, 0.2) is 0 Å². The third-order valence-corrected chi connectivity index (χ3v) is 5.57. The van der Waals surface area contributed by atoms with Crippen molar-refractivity contribution in [3.63, 3.8) is 0 Å². The zero-order valence-electron chi connectivity index (χ0n) is 15.9. The van der Waals surface area contributed by atoms with Crippen LogP contribution >= 0.6 is 23.4 Å². The summed E-state index contributed by atoms with van der Waals surface area (Å²) in [5, 5.41) is 0.359. The molecule has 1 aliphatic rings. The minimum Gasteiger partial charge on any atom is -0.466 e. The van der Waals surface area contributed by atoms with E-state index in [4.69, 9.17) is 16.3 Å². The van der Waals surface area contributed by atoms with Crippen molar-refractivity contribution in [3.8, 4) is 0 Å². The van der Waals surface area contributed by atoms with E-state index in [1.807, 2.05) is 12.3 Å². The van der Waals surface area contributed by atoms with Crippen molar-refractivity contribution in [3.05, 3.63) is 28.8 Å². The molecule has 0 spiro atoms. The molecule has 0 aromatic heterocycles. The molecule has 1 aromatic carbocycles. The van der Waals surface area contributed by atoms with Gasteiger partial charge in [-0.3, -0.25) is 14.4 Å². The topological polar surface area (TPSA) is 66.9 Å². The third kappa shape index (κ3) is 5.62. The quantitative estimate of drug-likeness (QED) is 0.530. The van der Waals surface area contributed by atoms with Crippen LogP contribution in [-0.2, 0) is 14.3 Å². The molecule has 1 fully saturated rings. The van der Waals surface area contributed by atoms with E-state index in [9.17, 15) is 14.4 Å². The highest BCUT2D eigenvalue weighted by molar-refractivity contribution is 7.98. The first-order chi connectivity index (χ1) is 12.9. The molecule has 1 heterocycles. The Balaban J connectivity index is 2.00. The van der Waals surface area contributed by atoms with Gasteiger partial charge in [-0.1, -0.05) is 11.6 Å². The second-order valence-corrected chi connectivity index (χ2v) is 7.72. The highest BCUT2D eigenvalue weighted by Gasteiger charge is 2.30. The predicted molar refractivity (Wildman–Crippen MR) is 106 cm³/mol. The molecule has 0 radical (unpaired) electrons. The van der Waals surface area contributed by atoms with E-state index < -0.39 is 0 Å². The van der Waals surface area contributed by atoms with Gasteiger partial charge in [0.2, 0.25) is 5.91 Å². The number of amides is 2. The average Bonchev–Trinajstić information content (AvgIpc) is 2.68. The molecule has 1 aliphatic heterocycles.